The van der Waals surface area contributed by atoms with Crippen molar-refractivity contribution < 1.29 is 23.4 Å². The molecule has 2 aromatic heterocycles. The van der Waals surface area contributed by atoms with Crippen molar-refractivity contribution in [1.82, 2.24) is 15.3 Å². The minimum absolute atomic E-state index is 0.322. The molecule has 1 aliphatic rings. The third kappa shape index (κ3) is 3.69. The Bertz CT molecular complexity index is 1090. The number of aromatic nitrogens is 2. The molecule has 0 saturated heterocycles. The molecule has 3 heterocycles. The van der Waals surface area contributed by atoms with Crippen molar-refractivity contribution in [2.24, 2.45) is 4.99 Å². The van der Waals surface area contributed by atoms with Crippen molar-refractivity contribution in [2.75, 3.05) is 21.3 Å². The largest absolute Gasteiger partial charge is 0.493 e. The quantitative estimate of drug-likeness (QED) is 0.668. The zero-order valence-corrected chi connectivity index (χ0v) is 16.7. The number of hydrogen-bond donors (Lipinski definition) is 1. The van der Waals surface area contributed by atoms with E-state index in [4.69, 9.17) is 18.6 Å². The highest BCUT2D eigenvalue weighted by molar-refractivity contribution is 5.96. The van der Waals surface area contributed by atoms with Crippen LogP contribution in [0.4, 0.5) is 0 Å². The van der Waals surface area contributed by atoms with Crippen LogP contribution in [0.15, 0.2) is 45.9 Å². The predicted octanol–water partition coefficient (Wildman–Crippen LogP) is 2.86. The number of nitrogens with one attached hydrogen (secondary N) is 1. The SMILES string of the molecule is COc1cc(C(=O)NC2CC(c3nc4ncccc4o3)=CC=N2)cc(OC)c1OC. The molecule has 9 nitrogen and oxygen atoms in total. The zero-order chi connectivity index (χ0) is 21.1. The average molecular weight is 408 g/mol. The second kappa shape index (κ2) is 8.24. The number of benzene rings is 1. The van der Waals surface area contributed by atoms with Gasteiger partial charge in [-0.1, -0.05) is 0 Å². The van der Waals surface area contributed by atoms with Crippen molar-refractivity contribution in [3.63, 3.8) is 0 Å². The molecule has 0 spiro atoms. The zero-order valence-electron chi connectivity index (χ0n) is 16.7. The lowest BCUT2D eigenvalue weighted by Crippen LogP contribution is -2.34. The van der Waals surface area contributed by atoms with Crippen LogP contribution in [0.3, 0.4) is 0 Å². The number of carbonyl (C=O) groups is 1. The van der Waals surface area contributed by atoms with Gasteiger partial charge in [0.1, 0.15) is 6.17 Å². The van der Waals surface area contributed by atoms with E-state index in [9.17, 15) is 4.79 Å². The van der Waals surface area contributed by atoms with E-state index in [2.05, 4.69) is 20.3 Å². The number of hydrogen-bond acceptors (Lipinski definition) is 8. The molecule has 30 heavy (non-hydrogen) atoms. The van der Waals surface area contributed by atoms with Gasteiger partial charge in [0.05, 0.1) is 21.3 Å². The third-order valence-corrected chi connectivity index (χ3v) is 4.62. The molecule has 1 unspecified atom stereocenters. The first-order chi connectivity index (χ1) is 14.6. The molecular formula is C21H20N4O5. The van der Waals surface area contributed by atoms with Gasteiger partial charge < -0.3 is 23.9 Å². The molecule has 4 rings (SSSR count). The number of dihydropyridines is 1. The molecular weight excluding hydrogens is 388 g/mol. The van der Waals surface area contributed by atoms with Crippen LogP contribution in [0.5, 0.6) is 17.2 Å². The molecule has 0 aliphatic carbocycles. The highest BCUT2D eigenvalue weighted by Gasteiger charge is 2.22. The van der Waals surface area contributed by atoms with Crippen molar-refractivity contribution in [3.8, 4) is 17.2 Å². The summed E-state index contributed by atoms with van der Waals surface area (Å²) in [5.41, 5.74) is 2.32. The van der Waals surface area contributed by atoms with Gasteiger partial charge in [0.25, 0.3) is 5.91 Å². The summed E-state index contributed by atoms with van der Waals surface area (Å²) >= 11 is 0. The fraction of sp³-hybridized carbons (Fsp3) is 0.238. The van der Waals surface area contributed by atoms with E-state index in [1.54, 1.807) is 36.7 Å². The summed E-state index contributed by atoms with van der Waals surface area (Å²) in [5, 5.41) is 2.89. The summed E-state index contributed by atoms with van der Waals surface area (Å²) in [6, 6.07) is 6.77. The van der Waals surface area contributed by atoms with E-state index in [0.29, 0.717) is 46.4 Å². The molecule has 0 bridgehead atoms. The van der Waals surface area contributed by atoms with Crippen LogP contribution in [0.2, 0.25) is 0 Å². The standard InChI is InChI=1S/C21H20N4O5/c1-27-15-9-13(10-16(28-2)18(15)29-3)20(26)24-17-11-12(6-8-22-17)21-25-19-14(30-21)5-4-7-23-19/h4-10,17H,11H2,1-3H3,(H,24,26). The Morgan fingerprint density at radius 2 is 1.93 bits per heavy atom. The van der Waals surface area contributed by atoms with Crippen LogP contribution in [-0.2, 0) is 0 Å². The highest BCUT2D eigenvalue weighted by Crippen LogP contribution is 2.38. The molecule has 9 heteroatoms. The van der Waals surface area contributed by atoms with E-state index in [0.717, 1.165) is 5.57 Å². The highest BCUT2D eigenvalue weighted by atomic mass is 16.5. The number of nitrogens with zero attached hydrogens (tertiary/aromatic N) is 3. The van der Waals surface area contributed by atoms with E-state index in [-0.39, 0.29) is 5.91 Å². The van der Waals surface area contributed by atoms with E-state index in [1.807, 2.05) is 6.08 Å². The minimum Gasteiger partial charge on any atom is -0.493 e. The van der Waals surface area contributed by atoms with Crippen LogP contribution < -0.4 is 19.5 Å². The number of oxazole rings is 1. The average Bonchev–Trinajstić information content (AvgIpc) is 3.22. The van der Waals surface area contributed by atoms with Crippen LogP contribution in [0, 0.1) is 0 Å². The van der Waals surface area contributed by atoms with Crippen molar-refractivity contribution in [1.29, 1.82) is 0 Å². The van der Waals surface area contributed by atoms with Crippen LogP contribution >= 0.6 is 0 Å². The number of fused-ring (bicyclic) bond motifs is 1. The number of pyridine rings is 1. The predicted molar refractivity (Wildman–Crippen MR) is 110 cm³/mol. The van der Waals surface area contributed by atoms with Gasteiger partial charge in [-0.2, -0.15) is 4.98 Å². The van der Waals surface area contributed by atoms with Gasteiger partial charge in [0.15, 0.2) is 22.7 Å². The Labute approximate surface area is 172 Å². The first-order valence-corrected chi connectivity index (χ1v) is 9.18. The lowest BCUT2D eigenvalue weighted by atomic mass is 10.1. The molecule has 0 fully saturated rings. The molecule has 1 aliphatic heterocycles. The Morgan fingerprint density at radius 3 is 2.60 bits per heavy atom. The van der Waals surface area contributed by atoms with E-state index in [1.165, 1.54) is 21.3 Å². The first-order valence-electron chi connectivity index (χ1n) is 9.18. The van der Waals surface area contributed by atoms with Gasteiger partial charge in [0.2, 0.25) is 11.6 Å². The molecule has 0 radical (unpaired) electrons. The molecule has 3 aromatic rings. The van der Waals surface area contributed by atoms with E-state index < -0.39 is 6.17 Å². The number of methoxy groups -OCH3 is 3. The summed E-state index contributed by atoms with van der Waals surface area (Å²) in [6.45, 7) is 0. The fourth-order valence-corrected chi connectivity index (χ4v) is 3.17. The Balaban J connectivity index is 1.52. The second-order valence-corrected chi connectivity index (χ2v) is 6.44. The monoisotopic (exact) mass is 408 g/mol. The summed E-state index contributed by atoms with van der Waals surface area (Å²) < 4.78 is 21.7. The molecule has 0 saturated carbocycles. The number of rotatable bonds is 6. The molecule has 1 N–H and O–H groups in total. The Morgan fingerprint density at radius 1 is 1.17 bits per heavy atom. The topological polar surface area (TPSA) is 108 Å². The van der Waals surface area contributed by atoms with Gasteiger partial charge >= 0.3 is 0 Å². The summed E-state index contributed by atoms with van der Waals surface area (Å²) in [7, 11) is 4.50. The summed E-state index contributed by atoms with van der Waals surface area (Å²) in [6.07, 6.45) is 5.05. The maximum Gasteiger partial charge on any atom is 0.253 e. The van der Waals surface area contributed by atoms with Gasteiger partial charge in [-0.25, -0.2) is 4.98 Å². The van der Waals surface area contributed by atoms with Crippen molar-refractivity contribution in [2.45, 2.75) is 12.6 Å². The second-order valence-electron chi connectivity index (χ2n) is 6.44. The number of allylic oxidation sites excluding steroid dienone is 1. The molecule has 1 amide bonds. The van der Waals surface area contributed by atoms with Gasteiger partial charge in [-0.3, -0.25) is 9.79 Å². The first kappa shape index (κ1) is 19.4. The number of aliphatic imine (C=N–C) groups is 1. The van der Waals surface area contributed by atoms with Gasteiger partial charge in [-0.15, -0.1) is 0 Å². The molecule has 1 aromatic carbocycles. The minimum atomic E-state index is -0.473. The summed E-state index contributed by atoms with van der Waals surface area (Å²) in [4.78, 5) is 25.8. The van der Waals surface area contributed by atoms with Gasteiger partial charge in [-0.05, 0) is 30.3 Å². The molecule has 1 atom stereocenters. The Hall–Kier alpha value is -3.88. The maximum atomic E-state index is 12.8. The Kier molecular flexibility index (Phi) is 5.34. The van der Waals surface area contributed by atoms with Crippen molar-refractivity contribution >= 4 is 28.9 Å². The fourth-order valence-electron chi connectivity index (χ4n) is 3.17. The lowest BCUT2D eigenvalue weighted by Gasteiger charge is -2.19. The van der Waals surface area contributed by atoms with Crippen LogP contribution in [-0.4, -0.2) is 49.6 Å². The van der Waals surface area contributed by atoms with Gasteiger partial charge in [0, 0.05) is 30.0 Å². The summed E-state index contributed by atoms with van der Waals surface area (Å²) in [5.74, 6) is 1.35. The number of ether oxygens (including phenoxy) is 3. The number of carbonyl (C=O) groups excluding carboxylic acids is 1. The molecule has 154 valence electrons. The number of amides is 1. The van der Waals surface area contributed by atoms with Crippen LogP contribution in [0.1, 0.15) is 22.7 Å². The normalized spacial score (nSPS) is 15.6. The van der Waals surface area contributed by atoms with Crippen LogP contribution in [0.25, 0.3) is 16.8 Å². The van der Waals surface area contributed by atoms with E-state index >= 15 is 0 Å². The maximum absolute atomic E-state index is 12.8. The van der Waals surface area contributed by atoms with Crippen molar-refractivity contribution in [3.05, 3.63) is 48.0 Å². The smallest absolute Gasteiger partial charge is 0.253 e. The third-order valence-electron chi connectivity index (χ3n) is 4.62. The lowest BCUT2D eigenvalue weighted by molar-refractivity contribution is 0.0938.